The largest absolute Gasteiger partial charge is 0.490 e. The first kappa shape index (κ1) is 25.7. The molecule has 5 nitrogen and oxygen atoms in total. The van der Waals surface area contributed by atoms with Gasteiger partial charge in [-0.2, -0.15) is 0 Å². The number of benzene rings is 1. The topological polar surface area (TPSA) is 67.4 Å². The van der Waals surface area contributed by atoms with Gasteiger partial charge in [0.15, 0.2) is 11.6 Å². The molecule has 1 unspecified atom stereocenters. The van der Waals surface area contributed by atoms with Crippen LogP contribution < -0.4 is 14.8 Å². The predicted molar refractivity (Wildman–Crippen MR) is 125 cm³/mol. The Balaban J connectivity index is 1.74. The average molecular weight is 453 g/mol. The van der Waals surface area contributed by atoms with Crippen LogP contribution in [0.3, 0.4) is 0 Å². The summed E-state index contributed by atoms with van der Waals surface area (Å²) in [6.07, 6.45) is 6.92. The van der Waals surface area contributed by atoms with Gasteiger partial charge in [0.05, 0.1) is 12.1 Å². The van der Waals surface area contributed by atoms with Gasteiger partial charge in [-0.3, -0.25) is 9.52 Å². The van der Waals surface area contributed by atoms with Gasteiger partial charge < -0.3 is 14.8 Å². The lowest BCUT2D eigenvalue weighted by Gasteiger charge is -2.21. The Bertz CT molecular complexity index is 732. The summed E-state index contributed by atoms with van der Waals surface area (Å²) in [6, 6.07) is 5.20. The summed E-state index contributed by atoms with van der Waals surface area (Å²) in [7, 11) is 1.61. The number of nitrogens with one attached hydrogen (secondary N) is 2. The van der Waals surface area contributed by atoms with Crippen LogP contribution >= 0.6 is 11.9 Å². The summed E-state index contributed by atoms with van der Waals surface area (Å²) < 4.78 is 23.5. The van der Waals surface area contributed by atoms with E-state index in [2.05, 4.69) is 30.8 Å². The van der Waals surface area contributed by atoms with Gasteiger partial charge >= 0.3 is 0 Å². The van der Waals surface area contributed by atoms with Crippen LogP contribution in [0.25, 0.3) is 0 Å². The molecule has 1 amide bonds. The number of unbranched alkanes of at least 4 members (excludes halogenated alkanes) is 2. The van der Waals surface area contributed by atoms with E-state index in [-0.39, 0.29) is 35.0 Å². The fourth-order valence-corrected chi connectivity index (χ4v) is 4.44. The third-order valence-electron chi connectivity index (χ3n) is 5.46. The van der Waals surface area contributed by atoms with Crippen molar-refractivity contribution in [1.29, 1.82) is 0 Å². The Morgan fingerprint density at radius 1 is 1.29 bits per heavy atom. The molecule has 0 bridgehead atoms. The number of ether oxygens (including phenoxy) is 1. The standard InChI is InChI=1S/C24H37FN2O3S/c1-23(2,3)17-30-21-16-19(9-10-20(21)25)24(12-13-24)27-31-15-7-5-6-8-18(11-14-28)22(29)26-4/h9-10,14,16,18,27H,5-8,11-13,15,17H2,1-4H3,(H,26,29). The Morgan fingerprint density at radius 2 is 2.03 bits per heavy atom. The smallest absolute Gasteiger partial charge is 0.223 e. The first-order valence-electron chi connectivity index (χ1n) is 11.2. The van der Waals surface area contributed by atoms with Gasteiger partial charge in [-0.05, 0) is 48.8 Å². The molecular formula is C24H37FN2O3S. The molecule has 1 fully saturated rings. The molecule has 174 valence electrons. The third-order valence-corrected chi connectivity index (χ3v) is 6.49. The molecule has 1 saturated carbocycles. The van der Waals surface area contributed by atoms with Crippen LogP contribution in [-0.4, -0.2) is 31.6 Å². The van der Waals surface area contributed by atoms with Crippen molar-refractivity contribution in [2.45, 2.75) is 71.3 Å². The van der Waals surface area contributed by atoms with Crippen molar-refractivity contribution in [3.63, 3.8) is 0 Å². The highest BCUT2D eigenvalue weighted by Gasteiger charge is 2.44. The number of rotatable bonds is 14. The zero-order valence-electron chi connectivity index (χ0n) is 19.3. The first-order valence-corrected chi connectivity index (χ1v) is 12.2. The highest BCUT2D eigenvalue weighted by molar-refractivity contribution is 7.97. The molecule has 1 atom stereocenters. The summed E-state index contributed by atoms with van der Waals surface area (Å²) in [6.45, 7) is 6.67. The number of hydrogen-bond acceptors (Lipinski definition) is 5. The Hall–Kier alpha value is -1.60. The Morgan fingerprint density at radius 3 is 2.65 bits per heavy atom. The van der Waals surface area contributed by atoms with Crippen molar-refractivity contribution in [2.24, 2.45) is 11.3 Å². The molecule has 7 heteroatoms. The van der Waals surface area contributed by atoms with Crippen molar-refractivity contribution in [3.8, 4) is 5.75 Å². The maximum Gasteiger partial charge on any atom is 0.223 e. The van der Waals surface area contributed by atoms with E-state index in [0.29, 0.717) is 12.4 Å². The summed E-state index contributed by atoms with van der Waals surface area (Å²) in [5.74, 6) is 0.710. The van der Waals surface area contributed by atoms with E-state index in [4.69, 9.17) is 4.74 Å². The Kier molecular flexibility index (Phi) is 9.82. The molecule has 1 aliphatic carbocycles. The zero-order valence-corrected chi connectivity index (χ0v) is 20.1. The van der Waals surface area contributed by atoms with Crippen LogP contribution in [0, 0.1) is 17.2 Å². The SMILES string of the molecule is CNC(=O)C(CC=O)CCCCCSNC1(c2ccc(F)c(OCC(C)(C)C)c2)CC1. The van der Waals surface area contributed by atoms with Crippen molar-refractivity contribution >= 4 is 24.1 Å². The van der Waals surface area contributed by atoms with Crippen molar-refractivity contribution in [3.05, 3.63) is 29.6 Å². The van der Waals surface area contributed by atoms with Crippen LogP contribution in [0.2, 0.25) is 0 Å². The molecule has 0 spiro atoms. The van der Waals surface area contributed by atoms with Gasteiger partial charge in [0.25, 0.3) is 0 Å². The first-order chi connectivity index (χ1) is 14.7. The molecule has 0 aliphatic heterocycles. The quantitative estimate of drug-likeness (QED) is 0.236. The summed E-state index contributed by atoms with van der Waals surface area (Å²) >= 11 is 1.71. The van der Waals surface area contributed by atoms with Crippen molar-refractivity contribution < 1.29 is 18.7 Å². The maximum absolute atomic E-state index is 14.2. The minimum atomic E-state index is -0.318. The van der Waals surface area contributed by atoms with Gasteiger partial charge in [0.2, 0.25) is 5.91 Å². The summed E-state index contributed by atoms with van der Waals surface area (Å²) in [5.41, 5.74) is 0.959. The molecule has 31 heavy (non-hydrogen) atoms. The fraction of sp³-hybridized carbons (Fsp3) is 0.667. The van der Waals surface area contributed by atoms with E-state index in [1.807, 2.05) is 12.1 Å². The second-order valence-corrected chi connectivity index (χ2v) is 10.5. The fourth-order valence-electron chi connectivity index (χ4n) is 3.39. The lowest BCUT2D eigenvalue weighted by atomic mass is 9.98. The molecule has 0 heterocycles. The summed E-state index contributed by atoms with van der Waals surface area (Å²) in [4.78, 5) is 22.5. The molecule has 1 aromatic carbocycles. The molecule has 2 rings (SSSR count). The lowest BCUT2D eigenvalue weighted by molar-refractivity contribution is -0.126. The third kappa shape index (κ3) is 8.45. The second-order valence-electron chi connectivity index (χ2n) is 9.59. The molecule has 0 radical (unpaired) electrons. The number of carbonyl (C=O) groups is 2. The number of aldehydes is 1. The lowest BCUT2D eigenvalue weighted by Crippen LogP contribution is -2.27. The van der Waals surface area contributed by atoms with E-state index in [1.165, 1.54) is 6.07 Å². The van der Waals surface area contributed by atoms with Gasteiger partial charge in [0, 0.05) is 25.1 Å². The highest BCUT2D eigenvalue weighted by atomic mass is 32.2. The number of amides is 1. The van der Waals surface area contributed by atoms with Gasteiger partial charge in [-0.1, -0.05) is 51.6 Å². The van der Waals surface area contributed by atoms with Gasteiger partial charge in [-0.25, -0.2) is 4.39 Å². The minimum Gasteiger partial charge on any atom is -0.490 e. The monoisotopic (exact) mass is 452 g/mol. The van der Waals surface area contributed by atoms with Gasteiger partial charge in [-0.15, -0.1) is 0 Å². The number of halogens is 1. The second kappa shape index (κ2) is 11.9. The van der Waals surface area contributed by atoms with Crippen molar-refractivity contribution in [1.82, 2.24) is 10.0 Å². The maximum atomic E-state index is 14.2. The number of hydrogen-bond donors (Lipinski definition) is 2. The van der Waals surface area contributed by atoms with E-state index >= 15 is 0 Å². The van der Waals surface area contributed by atoms with Crippen molar-refractivity contribution in [2.75, 3.05) is 19.4 Å². The molecule has 1 aromatic rings. The van der Waals surface area contributed by atoms with Gasteiger partial charge in [0.1, 0.15) is 6.29 Å². The molecular weight excluding hydrogens is 415 g/mol. The molecule has 2 N–H and O–H groups in total. The highest BCUT2D eigenvalue weighted by Crippen LogP contribution is 2.48. The van der Waals surface area contributed by atoms with E-state index in [1.54, 1.807) is 19.0 Å². The normalized spacial score (nSPS) is 15.9. The Labute approximate surface area is 190 Å². The molecule has 0 saturated heterocycles. The number of carbonyl (C=O) groups excluding carboxylic acids is 2. The van der Waals surface area contributed by atoms with E-state index in [0.717, 1.165) is 56.1 Å². The average Bonchev–Trinajstić information content (AvgIpc) is 3.51. The molecule has 0 aromatic heterocycles. The van der Waals surface area contributed by atoms with Crippen LogP contribution in [0.5, 0.6) is 5.75 Å². The van der Waals surface area contributed by atoms with Crippen LogP contribution in [0.1, 0.15) is 71.3 Å². The van der Waals surface area contributed by atoms with Crippen LogP contribution in [0.4, 0.5) is 4.39 Å². The minimum absolute atomic E-state index is 0.0264. The van der Waals surface area contributed by atoms with Crippen LogP contribution in [-0.2, 0) is 15.1 Å². The van der Waals surface area contributed by atoms with Crippen LogP contribution in [0.15, 0.2) is 18.2 Å². The zero-order chi connectivity index (χ0) is 22.9. The molecule has 1 aliphatic rings. The van der Waals surface area contributed by atoms with E-state index < -0.39 is 0 Å². The predicted octanol–water partition coefficient (Wildman–Crippen LogP) is 4.99. The van der Waals surface area contributed by atoms with E-state index in [9.17, 15) is 14.0 Å². The summed E-state index contributed by atoms with van der Waals surface area (Å²) in [5, 5.41) is 2.63.